The van der Waals surface area contributed by atoms with Crippen LogP contribution in [0.3, 0.4) is 0 Å². The highest BCUT2D eigenvalue weighted by Crippen LogP contribution is 2.29. The van der Waals surface area contributed by atoms with Gasteiger partial charge >= 0.3 is 0 Å². The maximum absolute atomic E-state index is 14.0. The number of aryl methyl sites for hydroxylation is 1. The maximum Gasteiger partial charge on any atom is 0.169 e. The molecule has 2 aromatic carbocycles. The maximum atomic E-state index is 14.0. The highest BCUT2D eigenvalue weighted by atomic mass is 32.2. The van der Waals surface area contributed by atoms with E-state index in [1.54, 1.807) is 30.0 Å². The molecule has 0 fully saturated rings. The minimum Gasteiger partial charge on any atom is -0.494 e. The molecule has 0 radical (unpaired) electrons. The van der Waals surface area contributed by atoms with Gasteiger partial charge in [-0.1, -0.05) is 12.1 Å². The minimum atomic E-state index is -0.287. The summed E-state index contributed by atoms with van der Waals surface area (Å²) in [4.78, 5) is 1.08. The van der Waals surface area contributed by atoms with Crippen LogP contribution < -0.4 is 10.5 Å². The molecule has 0 heterocycles. The second-order valence-electron chi connectivity index (χ2n) is 4.24. The summed E-state index contributed by atoms with van der Waals surface area (Å²) in [5, 5.41) is 0. The van der Waals surface area contributed by atoms with Crippen molar-refractivity contribution < 1.29 is 9.13 Å². The molecule has 0 bridgehead atoms. The number of nitrogen functional groups attached to an aromatic ring is 1. The lowest BCUT2D eigenvalue weighted by molar-refractivity contribution is 0.385. The van der Waals surface area contributed by atoms with Crippen molar-refractivity contribution in [1.29, 1.82) is 0 Å². The highest BCUT2D eigenvalue weighted by molar-refractivity contribution is 7.98. The Kier molecular flexibility index (Phi) is 4.32. The predicted octanol–water partition coefficient (Wildman–Crippen LogP) is 4.02. The van der Waals surface area contributed by atoms with Crippen molar-refractivity contribution in [2.24, 2.45) is 0 Å². The van der Waals surface area contributed by atoms with Crippen LogP contribution in [-0.2, 0) is 5.75 Å². The number of methoxy groups -OCH3 is 1. The van der Waals surface area contributed by atoms with Crippen LogP contribution in [0, 0.1) is 12.7 Å². The van der Waals surface area contributed by atoms with Gasteiger partial charge in [0.05, 0.1) is 7.11 Å². The summed E-state index contributed by atoms with van der Waals surface area (Å²) in [6.07, 6.45) is 0. The smallest absolute Gasteiger partial charge is 0.169 e. The zero-order valence-electron chi connectivity index (χ0n) is 10.9. The Bertz CT molecular complexity index is 586. The number of hydrogen-bond donors (Lipinski definition) is 1. The monoisotopic (exact) mass is 277 g/mol. The van der Waals surface area contributed by atoms with E-state index in [1.807, 2.05) is 25.1 Å². The summed E-state index contributed by atoms with van der Waals surface area (Å²) >= 11 is 1.58. The van der Waals surface area contributed by atoms with Gasteiger partial charge in [0.2, 0.25) is 0 Å². The molecule has 100 valence electrons. The quantitative estimate of drug-likeness (QED) is 0.677. The molecule has 0 aliphatic rings. The van der Waals surface area contributed by atoms with Crippen molar-refractivity contribution in [3.8, 4) is 5.75 Å². The summed E-state index contributed by atoms with van der Waals surface area (Å²) in [6.45, 7) is 1.96. The van der Waals surface area contributed by atoms with Gasteiger partial charge in [0, 0.05) is 21.9 Å². The molecule has 4 heteroatoms. The topological polar surface area (TPSA) is 35.2 Å². The van der Waals surface area contributed by atoms with E-state index in [0.29, 0.717) is 11.3 Å². The zero-order chi connectivity index (χ0) is 13.8. The Morgan fingerprint density at radius 2 is 2.05 bits per heavy atom. The molecule has 0 unspecified atom stereocenters. The summed E-state index contributed by atoms with van der Waals surface area (Å²) in [6, 6.07) is 11.0. The van der Waals surface area contributed by atoms with Crippen molar-refractivity contribution in [1.82, 2.24) is 0 Å². The number of ether oxygens (including phenoxy) is 1. The molecule has 0 aromatic heterocycles. The number of nitrogens with two attached hydrogens (primary N) is 1. The van der Waals surface area contributed by atoms with Crippen molar-refractivity contribution in [2.45, 2.75) is 17.6 Å². The number of thioether (sulfide) groups is 1. The van der Waals surface area contributed by atoms with E-state index in [4.69, 9.17) is 10.5 Å². The molecule has 0 saturated carbocycles. The summed E-state index contributed by atoms with van der Waals surface area (Å²) in [5.41, 5.74) is 8.22. The first kappa shape index (κ1) is 13.7. The van der Waals surface area contributed by atoms with Gasteiger partial charge in [-0.15, -0.1) is 11.8 Å². The van der Waals surface area contributed by atoms with E-state index < -0.39 is 0 Å². The Morgan fingerprint density at radius 1 is 1.26 bits per heavy atom. The van der Waals surface area contributed by atoms with Gasteiger partial charge in [0.1, 0.15) is 0 Å². The second kappa shape index (κ2) is 5.97. The summed E-state index contributed by atoms with van der Waals surface area (Å²) in [5.74, 6) is 0.558. The van der Waals surface area contributed by atoms with Crippen molar-refractivity contribution >= 4 is 17.4 Å². The van der Waals surface area contributed by atoms with Crippen LogP contribution in [0.15, 0.2) is 41.3 Å². The average Bonchev–Trinajstić information content (AvgIpc) is 2.41. The molecule has 2 rings (SSSR count). The molecule has 2 nitrogen and oxygen atoms in total. The third-order valence-corrected chi connectivity index (χ3v) is 3.94. The van der Waals surface area contributed by atoms with Gasteiger partial charge in [0.25, 0.3) is 0 Å². The SMILES string of the molecule is COc1cccc(CSc2ccc(N)c(C)c2)c1F. The molecule has 2 aromatic rings. The largest absolute Gasteiger partial charge is 0.494 e. The zero-order valence-corrected chi connectivity index (χ0v) is 11.8. The normalized spacial score (nSPS) is 10.5. The van der Waals surface area contributed by atoms with Crippen LogP contribution in [0.2, 0.25) is 0 Å². The van der Waals surface area contributed by atoms with Crippen LogP contribution in [-0.4, -0.2) is 7.11 Å². The number of halogens is 1. The first-order chi connectivity index (χ1) is 9.11. The molecule has 2 N–H and O–H groups in total. The van der Waals surface area contributed by atoms with E-state index in [0.717, 1.165) is 16.1 Å². The minimum absolute atomic E-state index is 0.284. The number of hydrogen-bond acceptors (Lipinski definition) is 3. The lowest BCUT2D eigenvalue weighted by Crippen LogP contribution is -1.93. The third kappa shape index (κ3) is 3.20. The second-order valence-corrected chi connectivity index (χ2v) is 5.29. The molecule has 0 saturated heterocycles. The Hall–Kier alpha value is -1.68. The molecular formula is C15H16FNOS. The van der Waals surface area contributed by atoms with Crippen LogP contribution in [0.1, 0.15) is 11.1 Å². The lowest BCUT2D eigenvalue weighted by Gasteiger charge is -2.08. The Morgan fingerprint density at radius 3 is 2.74 bits per heavy atom. The highest BCUT2D eigenvalue weighted by Gasteiger charge is 2.08. The fraction of sp³-hybridized carbons (Fsp3) is 0.200. The van der Waals surface area contributed by atoms with Crippen molar-refractivity contribution in [3.63, 3.8) is 0 Å². The van der Waals surface area contributed by atoms with Crippen molar-refractivity contribution in [2.75, 3.05) is 12.8 Å². The fourth-order valence-corrected chi connectivity index (χ4v) is 2.69. The first-order valence-corrected chi connectivity index (χ1v) is 6.90. The van der Waals surface area contributed by atoms with Crippen LogP contribution >= 0.6 is 11.8 Å². The van der Waals surface area contributed by atoms with Gasteiger partial charge in [-0.05, 0) is 36.8 Å². The first-order valence-electron chi connectivity index (χ1n) is 5.92. The third-order valence-electron chi connectivity index (χ3n) is 2.90. The van der Waals surface area contributed by atoms with Crippen LogP contribution in [0.25, 0.3) is 0 Å². The van der Waals surface area contributed by atoms with E-state index >= 15 is 0 Å². The fourth-order valence-electron chi connectivity index (χ4n) is 1.72. The van der Waals surface area contributed by atoms with Gasteiger partial charge in [-0.2, -0.15) is 0 Å². The summed E-state index contributed by atoms with van der Waals surface area (Å²) < 4.78 is 18.9. The Labute approximate surface area is 116 Å². The number of anilines is 1. The molecule has 19 heavy (non-hydrogen) atoms. The van der Waals surface area contributed by atoms with Gasteiger partial charge < -0.3 is 10.5 Å². The Balaban J connectivity index is 2.12. The van der Waals surface area contributed by atoms with Crippen LogP contribution in [0.5, 0.6) is 5.75 Å². The van der Waals surface area contributed by atoms with E-state index in [-0.39, 0.29) is 11.6 Å². The molecular weight excluding hydrogens is 261 g/mol. The molecule has 0 aliphatic heterocycles. The van der Waals surface area contributed by atoms with Gasteiger partial charge in [0.15, 0.2) is 11.6 Å². The van der Waals surface area contributed by atoms with Crippen LogP contribution in [0.4, 0.5) is 10.1 Å². The van der Waals surface area contributed by atoms with E-state index in [2.05, 4.69) is 0 Å². The van der Waals surface area contributed by atoms with E-state index in [1.165, 1.54) is 7.11 Å². The summed E-state index contributed by atoms with van der Waals surface area (Å²) in [7, 11) is 1.47. The van der Waals surface area contributed by atoms with Gasteiger partial charge in [-0.3, -0.25) is 0 Å². The van der Waals surface area contributed by atoms with Crippen molar-refractivity contribution in [3.05, 3.63) is 53.3 Å². The molecule has 0 spiro atoms. The van der Waals surface area contributed by atoms with Gasteiger partial charge in [-0.25, -0.2) is 4.39 Å². The number of benzene rings is 2. The molecule has 0 amide bonds. The standard InChI is InChI=1S/C15H16FNOS/c1-10-8-12(6-7-13(10)17)19-9-11-4-3-5-14(18-2)15(11)16/h3-8H,9,17H2,1-2H3. The lowest BCUT2D eigenvalue weighted by atomic mass is 10.2. The molecule has 0 aliphatic carbocycles. The average molecular weight is 277 g/mol. The van der Waals surface area contributed by atoms with E-state index in [9.17, 15) is 4.39 Å². The molecule has 0 atom stereocenters. The number of rotatable bonds is 4. The predicted molar refractivity (Wildman–Crippen MR) is 78.1 cm³/mol.